The van der Waals surface area contributed by atoms with Crippen LogP contribution in [-0.4, -0.2) is 16.2 Å². The van der Waals surface area contributed by atoms with Gasteiger partial charge in [-0.1, -0.05) is 6.92 Å². The molecule has 0 atom stereocenters. The van der Waals surface area contributed by atoms with Crippen LogP contribution in [0.15, 0.2) is 16.2 Å². The van der Waals surface area contributed by atoms with Crippen molar-refractivity contribution in [3.8, 4) is 5.75 Å². The number of nitro benzene ring substituents is 1. The molecule has 17 heavy (non-hydrogen) atoms. The lowest BCUT2D eigenvalue weighted by Crippen LogP contribution is -1.91. The van der Waals surface area contributed by atoms with Gasteiger partial charge in [-0.05, 0) is 18.5 Å². The number of phenols is 1. The van der Waals surface area contributed by atoms with Crippen LogP contribution in [0.4, 0.5) is 17.1 Å². The average Bonchev–Trinajstić information content (AvgIpc) is 2.29. The van der Waals surface area contributed by atoms with Crippen molar-refractivity contribution in [1.82, 2.24) is 0 Å². The van der Waals surface area contributed by atoms with Crippen molar-refractivity contribution in [2.45, 2.75) is 20.3 Å². The van der Waals surface area contributed by atoms with Gasteiger partial charge in [0.25, 0.3) is 0 Å². The third kappa shape index (κ3) is 2.44. The van der Waals surface area contributed by atoms with Crippen LogP contribution in [0.5, 0.6) is 5.75 Å². The fourth-order valence-electron chi connectivity index (χ4n) is 1.29. The molecule has 1 N–H and O–H groups in total. The van der Waals surface area contributed by atoms with E-state index in [-0.39, 0.29) is 22.7 Å². The van der Waals surface area contributed by atoms with E-state index in [1.165, 1.54) is 13.1 Å². The maximum atomic E-state index is 10.8. The number of hydrogen-bond acceptors (Lipinski definition) is 6. The van der Waals surface area contributed by atoms with Crippen LogP contribution in [0.2, 0.25) is 0 Å². The minimum absolute atomic E-state index is 0.123. The van der Waals surface area contributed by atoms with Crippen LogP contribution in [0.1, 0.15) is 18.9 Å². The van der Waals surface area contributed by atoms with Gasteiger partial charge in [0.2, 0.25) is 0 Å². The highest BCUT2D eigenvalue weighted by Gasteiger charge is 2.23. The number of nitrogens with zero attached hydrogens (tertiary/aromatic N) is 3. The molecule has 7 heteroatoms. The molecular weight excluding hydrogens is 226 g/mol. The maximum absolute atomic E-state index is 10.8. The average molecular weight is 237 g/mol. The van der Waals surface area contributed by atoms with Gasteiger partial charge in [0.15, 0.2) is 5.69 Å². The van der Waals surface area contributed by atoms with Gasteiger partial charge in [-0.15, -0.1) is 4.91 Å². The first-order valence-corrected chi connectivity index (χ1v) is 4.89. The maximum Gasteiger partial charge on any atom is 0.300 e. The molecule has 0 spiro atoms. The molecule has 0 heterocycles. The molecule has 1 aromatic rings. The third-order valence-corrected chi connectivity index (χ3v) is 2.17. The molecule has 90 valence electrons. The molecule has 0 fully saturated rings. The first-order valence-electron chi connectivity index (χ1n) is 4.89. The Labute approximate surface area is 96.9 Å². The molecule has 0 unspecified atom stereocenters. The molecule has 1 aromatic carbocycles. The van der Waals surface area contributed by atoms with Gasteiger partial charge < -0.3 is 5.11 Å². The number of phenolic OH excluding ortho intramolecular Hbond substituents is 1. The molecule has 0 aliphatic heterocycles. The van der Waals surface area contributed by atoms with E-state index >= 15 is 0 Å². The summed E-state index contributed by atoms with van der Waals surface area (Å²) in [4.78, 5) is 24.6. The quantitative estimate of drug-likeness (QED) is 0.375. The molecular formula is C10H11N3O4. The minimum atomic E-state index is -0.712. The fraction of sp³-hybridized carbons (Fsp3) is 0.300. The number of nitro groups is 1. The van der Waals surface area contributed by atoms with Gasteiger partial charge in [0.1, 0.15) is 11.4 Å². The monoisotopic (exact) mass is 237 g/mol. The minimum Gasteiger partial charge on any atom is -0.507 e. The molecule has 0 saturated carbocycles. The molecule has 0 aromatic heterocycles. The van der Waals surface area contributed by atoms with Gasteiger partial charge >= 0.3 is 5.69 Å². The molecule has 0 amide bonds. The van der Waals surface area contributed by atoms with E-state index < -0.39 is 10.6 Å². The normalized spacial score (nSPS) is 10.7. The number of aliphatic imine (C=N–C) groups is 1. The first-order chi connectivity index (χ1) is 8.02. The summed E-state index contributed by atoms with van der Waals surface area (Å²) in [7, 11) is 0. The summed E-state index contributed by atoms with van der Waals surface area (Å²) in [5.41, 5.74) is -0.593. The Balaban J connectivity index is 3.60. The number of nitroso groups, excluding NO2 is 1. The Morgan fingerprint density at radius 1 is 1.53 bits per heavy atom. The van der Waals surface area contributed by atoms with Crippen molar-refractivity contribution in [3.63, 3.8) is 0 Å². The Morgan fingerprint density at radius 3 is 2.65 bits per heavy atom. The van der Waals surface area contributed by atoms with E-state index in [4.69, 9.17) is 0 Å². The van der Waals surface area contributed by atoms with Crippen molar-refractivity contribution in [2.24, 2.45) is 10.2 Å². The highest BCUT2D eigenvalue weighted by molar-refractivity contribution is 5.82. The van der Waals surface area contributed by atoms with E-state index in [1.54, 1.807) is 6.92 Å². The second-order valence-electron chi connectivity index (χ2n) is 3.31. The lowest BCUT2D eigenvalue weighted by atomic mass is 10.1. The molecule has 0 saturated heterocycles. The van der Waals surface area contributed by atoms with Gasteiger partial charge in [-0.2, -0.15) is 0 Å². The number of benzene rings is 1. The van der Waals surface area contributed by atoms with Crippen LogP contribution in [0.3, 0.4) is 0 Å². The Morgan fingerprint density at radius 2 is 2.18 bits per heavy atom. The molecule has 0 aliphatic carbocycles. The summed E-state index contributed by atoms with van der Waals surface area (Å²) in [5.74, 6) is -0.346. The SMILES string of the molecule is CCC=Nc1c([N+](=O)[O-])cc(O)c(C)c1N=O. The zero-order valence-corrected chi connectivity index (χ0v) is 9.38. The summed E-state index contributed by atoms with van der Waals surface area (Å²) < 4.78 is 0. The lowest BCUT2D eigenvalue weighted by molar-refractivity contribution is -0.384. The summed E-state index contributed by atoms with van der Waals surface area (Å²) in [6.45, 7) is 3.25. The van der Waals surface area contributed by atoms with E-state index in [0.717, 1.165) is 6.07 Å². The molecule has 0 aliphatic rings. The topological polar surface area (TPSA) is 105 Å². The van der Waals surface area contributed by atoms with Crippen molar-refractivity contribution < 1.29 is 10.0 Å². The van der Waals surface area contributed by atoms with Crippen molar-refractivity contribution in [2.75, 3.05) is 0 Å². The fourth-order valence-corrected chi connectivity index (χ4v) is 1.29. The molecule has 0 radical (unpaired) electrons. The van der Waals surface area contributed by atoms with E-state index in [0.29, 0.717) is 6.42 Å². The summed E-state index contributed by atoms with van der Waals surface area (Å²) in [6, 6.07) is 0.965. The second kappa shape index (κ2) is 5.15. The zero-order valence-electron chi connectivity index (χ0n) is 9.38. The van der Waals surface area contributed by atoms with E-state index in [1.807, 2.05) is 0 Å². The van der Waals surface area contributed by atoms with Crippen LogP contribution in [0.25, 0.3) is 0 Å². The largest absolute Gasteiger partial charge is 0.507 e. The van der Waals surface area contributed by atoms with Crippen LogP contribution in [-0.2, 0) is 0 Å². The van der Waals surface area contributed by atoms with Crippen molar-refractivity contribution in [3.05, 3.63) is 26.7 Å². The number of rotatable bonds is 4. The van der Waals surface area contributed by atoms with Gasteiger partial charge in [-0.3, -0.25) is 15.1 Å². The number of aromatic hydroxyl groups is 1. The Kier molecular flexibility index (Phi) is 3.86. The van der Waals surface area contributed by atoms with Crippen molar-refractivity contribution in [1.29, 1.82) is 0 Å². The van der Waals surface area contributed by atoms with Gasteiger partial charge in [0.05, 0.1) is 11.0 Å². The van der Waals surface area contributed by atoms with E-state index in [2.05, 4.69) is 10.2 Å². The summed E-state index contributed by atoms with van der Waals surface area (Å²) in [6.07, 6.45) is 2.00. The van der Waals surface area contributed by atoms with Crippen molar-refractivity contribution >= 4 is 23.3 Å². The number of hydrogen-bond donors (Lipinski definition) is 1. The van der Waals surface area contributed by atoms with Crippen LogP contribution in [0, 0.1) is 21.9 Å². The van der Waals surface area contributed by atoms with Crippen LogP contribution >= 0.6 is 0 Å². The highest BCUT2D eigenvalue weighted by atomic mass is 16.6. The first kappa shape index (κ1) is 12.8. The third-order valence-electron chi connectivity index (χ3n) is 2.17. The second-order valence-corrected chi connectivity index (χ2v) is 3.31. The summed E-state index contributed by atoms with van der Waals surface area (Å²) >= 11 is 0. The van der Waals surface area contributed by atoms with E-state index in [9.17, 15) is 20.1 Å². The smallest absolute Gasteiger partial charge is 0.300 e. The highest BCUT2D eigenvalue weighted by Crippen LogP contribution is 2.43. The van der Waals surface area contributed by atoms with Gasteiger partial charge in [-0.25, -0.2) is 0 Å². The van der Waals surface area contributed by atoms with Crippen LogP contribution < -0.4 is 0 Å². The Hall–Kier alpha value is -2.31. The molecule has 1 rings (SSSR count). The van der Waals surface area contributed by atoms with Gasteiger partial charge in [0, 0.05) is 11.8 Å². The standard InChI is InChI=1S/C10H11N3O4/c1-3-4-11-10-7(13(16)17)5-8(14)6(2)9(10)12-15/h4-5,14H,3H2,1-2H3. The molecule has 7 nitrogen and oxygen atoms in total. The lowest BCUT2D eigenvalue weighted by Gasteiger charge is -2.05. The summed E-state index contributed by atoms with van der Waals surface area (Å²) in [5, 5.41) is 22.9. The predicted octanol–water partition coefficient (Wildman–Crippen LogP) is 3.12. The zero-order chi connectivity index (χ0) is 13.0. The Bertz CT molecular complexity index is 497. The molecule has 0 bridgehead atoms. The predicted molar refractivity (Wildman–Crippen MR) is 63.4 cm³/mol.